The second-order valence-corrected chi connectivity index (χ2v) is 4.90. The lowest BCUT2D eigenvalue weighted by Crippen LogP contribution is -2.37. The molecule has 1 amide bonds. The molecule has 0 aliphatic rings. The number of amides is 1. The summed E-state index contributed by atoms with van der Waals surface area (Å²) in [6.45, 7) is 0. The van der Waals surface area contributed by atoms with E-state index in [1.165, 1.54) is 0 Å². The standard InChI is InChI=1S/C14H12Cl2N2O2/c15-10-6-11(16)8-12(7-10)20-13(14(19)18-17)9-4-2-1-3-5-9/h1-8,13H,17H2,(H,18,19). The summed E-state index contributed by atoms with van der Waals surface area (Å²) in [6.07, 6.45) is -0.879. The summed E-state index contributed by atoms with van der Waals surface area (Å²) in [5, 5.41) is 0.847. The number of hydrazine groups is 1. The number of ether oxygens (including phenoxy) is 1. The summed E-state index contributed by atoms with van der Waals surface area (Å²) in [4.78, 5) is 11.9. The fourth-order valence-electron chi connectivity index (χ4n) is 1.71. The first-order chi connectivity index (χ1) is 9.60. The van der Waals surface area contributed by atoms with Gasteiger partial charge in [-0.3, -0.25) is 10.2 Å². The second-order valence-electron chi connectivity index (χ2n) is 4.02. The van der Waals surface area contributed by atoms with E-state index in [0.29, 0.717) is 21.4 Å². The van der Waals surface area contributed by atoms with Crippen LogP contribution in [0.25, 0.3) is 0 Å². The van der Waals surface area contributed by atoms with Crippen molar-refractivity contribution in [3.8, 4) is 5.75 Å². The summed E-state index contributed by atoms with van der Waals surface area (Å²) >= 11 is 11.8. The predicted molar refractivity (Wildman–Crippen MR) is 78.6 cm³/mol. The minimum absolute atomic E-state index is 0.389. The normalized spacial score (nSPS) is 11.8. The Balaban J connectivity index is 2.31. The highest BCUT2D eigenvalue weighted by Crippen LogP contribution is 2.28. The number of carbonyl (C=O) groups is 1. The van der Waals surface area contributed by atoms with Crippen molar-refractivity contribution in [2.45, 2.75) is 6.10 Å². The smallest absolute Gasteiger partial charge is 0.279 e. The van der Waals surface area contributed by atoms with Gasteiger partial charge in [0.15, 0.2) is 0 Å². The molecule has 3 N–H and O–H groups in total. The van der Waals surface area contributed by atoms with Crippen molar-refractivity contribution < 1.29 is 9.53 Å². The number of hydrogen-bond donors (Lipinski definition) is 2. The third kappa shape index (κ3) is 3.63. The van der Waals surface area contributed by atoms with Gasteiger partial charge in [0, 0.05) is 15.6 Å². The summed E-state index contributed by atoms with van der Waals surface area (Å²) in [5.74, 6) is 5.12. The van der Waals surface area contributed by atoms with E-state index in [4.69, 9.17) is 33.8 Å². The van der Waals surface area contributed by atoms with Crippen LogP contribution < -0.4 is 16.0 Å². The third-order valence-electron chi connectivity index (χ3n) is 2.57. The Morgan fingerprint density at radius 1 is 1.10 bits per heavy atom. The van der Waals surface area contributed by atoms with Crippen LogP contribution in [-0.4, -0.2) is 5.91 Å². The zero-order chi connectivity index (χ0) is 14.5. The van der Waals surface area contributed by atoms with E-state index < -0.39 is 12.0 Å². The molecule has 0 heterocycles. The highest BCUT2D eigenvalue weighted by molar-refractivity contribution is 6.34. The molecule has 0 bridgehead atoms. The van der Waals surface area contributed by atoms with E-state index in [1.807, 2.05) is 6.07 Å². The Morgan fingerprint density at radius 3 is 2.25 bits per heavy atom. The van der Waals surface area contributed by atoms with Gasteiger partial charge in [0.1, 0.15) is 5.75 Å². The Hall–Kier alpha value is -1.75. The van der Waals surface area contributed by atoms with E-state index in [0.717, 1.165) is 0 Å². The molecule has 1 atom stereocenters. The number of rotatable bonds is 4. The molecule has 0 radical (unpaired) electrons. The van der Waals surface area contributed by atoms with Crippen molar-refractivity contribution in [3.05, 3.63) is 64.1 Å². The number of halogens is 2. The summed E-state index contributed by atoms with van der Waals surface area (Å²) in [5.41, 5.74) is 2.76. The molecule has 0 aliphatic carbocycles. The maximum atomic E-state index is 11.9. The van der Waals surface area contributed by atoms with Gasteiger partial charge in [0.05, 0.1) is 0 Å². The Labute approximate surface area is 126 Å². The molecule has 2 aromatic rings. The van der Waals surface area contributed by atoms with Crippen LogP contribution in [0.15, 0.2) is 48.5 Å². The first kappa shape index (κ1) is 14.7. The van der Waals surface area contributed by atoms with E-state index in [1.54, 1.807) is 42.5 Å². The van der Waals surface area contributed by atoms with Gasteiger partial charge in [-0.05, 0) is 18.2 Å². The predicted octanol–water partition coefficient (Wildman–Crippen LogP) is 3.10. The van der Waals surface area contributed by atoms with Crippen molar-refractivity contribution in [1.29, 1.82) is 0 Å². The Morgan fingerprint density at radius 2 is 1.70 bits per heavy atom. The van der Waals surface area contributed by atoms with Crippen LogP contribution in [0.2, 0.25) is 10.0 Å². The van der Waals surface area contributed by atoms with Gasteiger partial charge < -0.3 is 4.74 Å². The summed E-state index contributed by atoms with van der Waals surface area (Å²) in [6, 6.07) is 13.7. The zero-order valence-corrected chi connectivity index (χ0v) is 11.9. The van der Waals surface area contributed by atoms with Crippen LogP contribution in [0.1, 0.15) is 11.7 Å². The molecule has 6 heteroatoms. The fraction of sp³-hybridized carbons (Fsp3) is 0.0714. The highest BCUT2D eigenvalue weighted by atomic mass is 35.5. The number of nitrogens with two attached hydrogens (primary N) is 1. The molecule has 0 saturated carbocycles. The van der Waals surface area contributed by atoms with Crippen LogP contribution in [0, 0.1) is 0 Å². The quantitative estimate of drug-likeness (QED) is 0.518. The number of hydrogen-bond acceptors (Lipinski definition) is 3. The van der Waals surface area contributed by atoms with E-state index in [9.17, 15) is 4.79 Å². The SMILES string of the molecule is NNC(=O)C(Oc1cc(Cl)cc(Cl)c1)c1ccccc1. The number of benzene rings is 2. The molecular weight excluding hydrogens is 299 g/mol. The van der Waals surface area contributed by atoms with Gasteiger partial charge in [0.2, 0.25) is 6.10 Å². The lowest BCUT2D eigenvalue weighted by molar-refractivity contribution is -0.128. The van der Waals surface area contributed by atoms with Crippen molar-refractivity contribution in [3.63, 3.8) is 0 Å². The maximum absolute atomic E-state index is 11.9. The van der Waals surface area contributed by atoms with E-state index >= 15 is 0 Å². The van der Waals surface area contributed by atoms with Gasteiger partial charge in [0.25, 0.3) is 5.91 Å². The molecule has 1 unspecified atom stereocenters. The summed E-state index contributed by atoms with van der Waals surface area (Å²) < 4.78 is 5.65. The topological polar surface area (TPSA) is 64.3 Å². The fourth-order valence-corrected chi connectivity index (χ4v) is 2.22. The summed E-state index contributed by atoms with van der Waals surface area (Å²) in [7, 11) is 0. The molecule has 2 aromatic carbocycles. The number of carbonyl (C=O) groups excluding carboxylic acids is 1. The van der Waals surface area contributed by atoms with Crippen LogP contribution in [-0.2, 0) is 4.79 Å². The zero-order valence-electron chi connectivity index (χ0n) is 10.3. The molecule has 20 heavy (non-hydrogen) atoms. The maximum Gasteiger partial charge on any atom is 0.279 e. The van der Waals surface area contributed by atoms with Crippen LogP contribution >= 0.6 is 23.2 Å². The second kappa shape index (κ2) is 6.61. The highest BCUT2D eigenvalue weighted by Gasteiger charge is 2.22. The van der Waals surface area contributed by atoms with Gasteiger partial charge in [-0.25, -0.2) is 5.84 Å². The van der Waals surface area contributed by atoms with E-state index in [2.05, 4.69) is 5.43 Å². The molecule has 0 fully saturated rings. The molecule has 0 spiro atoms. The number of nitrogens with one attached hydrogen (secondary N) is 1. The first-order valence-electron chi connectivity index (χ1n) is 5.78. The Bertz CT molecular complexity index is 585. The van der Waals surface area contributed by atoms with Gasteiger partial charge >= 0.3 is 0 Å². The minimum Gasteiger partial charge on any atom is -0.476 e. The van der Waals surface area contributed by atoms with Gasteiger partial charge in [-0.2, -0.15) is 0 Å². The molecule has 0 aromatic heterocycles. The molecule has 2 rings (SSSR count). The van der Waals surface area contributed by atoms with Crippen molar-refractivity contribution >= 4 is 29.1 Å². The molecule has 0 aliphatic heterocycles. The molecule has 0 saturated heterocycles. The lowest BCUT2D eigenvalue weighted by Gasteiger charge is -2.18. The lowest BCUT2D eigenvalue weighted by atomic mass is 10.1. The monoisotopic (exact) mass is 310 g/mol. The van der Waals surface area contributed by atoms with Crippen molar-refractivity contribution in [2.24, 2.45) is 5.84 Å². The average molecular weight is 311 g/mol. The third-order valence-corrected chi connectivity index (χ3v) is 3.01. The van der Waals surface area contributed by atoms with Crippen molar-refractivity contribution in [1.82, 2.24) is 5.43 Å². The molecule has 104 valence electrons. The minimum atomic E-state index is -0.879. The average Bonchev–Trinajstić information content (AvgIpc) is 2.44. The van der Waals surface area contributed by atoms with Gasteiger partial charge in [-0.1, -0.05) is 53.5 Å². The Kier molecular flexibility index (Phi) is 4.84. The molecule has 4 nitrogen and oxygen atoms in total. The van der Waals surface area contributed by atoms with Crippen LogP contribution in [0.4, 0.5) is 0 Å². The van der Waals surface area contributed by atoms with Crippen molar-refractivity contribution in [2.75, 3.05) is 0 Å². The first-order valence-corrected chi connectivity index (χ1v) is 6.54. The largest absolute Gasteiger partial charge is 0.476 e. The van der Waals surface area contributed by atoms with Gasteiger partial charge in [-0.15, -0.1) is 0 Å². The van der Waals surface area contributed by atoms with Crippen LogP contribution in [0.5, 0.6) is 5.75 Å². The molecular formula is C14H12Cl2N2O2. The van der Waals surface area contributed by atoms with E-state index in [-0.39, 0.29) is 0 Å². The van der Waals surface area contributed by atoms with Crippen LogP contribution in [0.3, 0.4) is 0 Å².